The monoisotopic (exact) mass is 300 g/mol. The first-order valence-electron chi connectivity index (χ1n) is 3.72. The van der Waals surface area contributed by atoms with Gasteiger partial charge in [-0.05, 0) is 50.1 Å². The molecule has 0 unspecified atom stereocenters. The lowest BCUT2D eigenvalue weighted by molar-refractivity contribution is 1.33. The Hall–Kier alpha value is -0.610. The van der Waals surface area contributed by atoms with Crippen LogP contribution >= 0.6 is 31.9 Å². The van der Waals surface area contributed by atoms with Crippen LogP contribution in [0.25, 0.3) is 17.1 Å². The molecule has 1 N–H and O–H groups in total. The molecule has 0 aliphatic rings. The second-order valence-electron chi connectivity index (χ2n) is 2.58. The molecule has 0 fully saturated rings. The highest BCUT2D eigenvalue weighted by Crippen LogP contribution is 2.23. The summed E-state index contributed by atoms with van der Waals surface area (Å²) in [4.78, 5) is 7.29. The molecule has 0 amide bonds. The molecule has 0 bridgehead atoms. The van der Waals surface area contributed by atoms with Crippen LogP contribution < -0.4 is 0 Å². The molecule has 2 heterocycles. The van der Waals surface area contributed by atoms with Crippen molar-refractivity contribution in [1.82, 2.24) is 9.97 Å². The highest BCUT2D eigenvalue weighted by molar-refractivity contribution is 9.28. The van der Waals surface area contributed by atoms with Crippen molar-refractivity contribution in [3.8, 4) is 0 Å². The fraction of sp³-hybridized carbons (Fsp3) is 0. The van der Waals surface area contributed by atoms with Crippen molar-refractivity contribution in [2.45, 2.75) is 0 Å². The minimum absolute atomic E-state index is 0.912. The van der Waals surface area contributed by atoms with Gasteiger partial charge in [-0.25, -0.2) is 4.98 Å². The molecule has 0 aliphatic carbocycles. The van der Waals surface area contributed by atoms with Gasteiger partial charge in [0.05, 0.1) is 3.39 Å². The van der Waals surface area contributed by atoms with E-state index in [9.17, 15) is 0 Å². The van der Waals surface area contributed by atoms with Gasteiger partial charge in [0.1, 0.15) is 5.65 Å². The highest BCUT2D eigenvalue weighted by Gasteiger charge is 2.00. The number of hydrogen-bond donors (Lipinski definition) is 1. The lowest BCUT2D eigenvalue weighted by atomic mass is 10.2. The van der Waals surface area contributed by atoms with Gasteiger partial charge in [-0.2, -0.15) is 0 Å². The Morgan fingerprint density at radius 1 is 1.46 bits per heavy atom. The van der Waals surface area contributed by atoms with Crippen molar-refractivity contribution in [2.24, 2.45) is 0 Å². The Kier molecular flexibility index (Phi) is 2.51. The molecule has 0 spiro atoms. The van der Waals surface area contributed by atoms with E-state index in [4.69, 9.17) is 0 Å². The SMILES string of the molecule is BrC(Br)=Cc1c[nH]c2ncccc12. The van der Waals surface area contributed by atoms with Crippen molar-refractivity contribution in [2.75, 3.05) is 0 Å². The Labute approximate surface area is 92.3 Å². The van der Waals surface area contributed by atoms with Crippen LogP contribution in [0.2, 0.25) is 0 Å². The number of rotatable bonds is 1. The molecule has 13 heavy (non-hydrogen) atoms. The van der Waals surface area contributed by atoms with Crippen LogP contribution in [0.4, 0.5) is 0 Å². The minimum Gasteiger partial charge on any atom is -0.346 e. The van der Waals surface area contributed by atoms with Crippen LogP contribution in [0.15, 0.2) is 27.9 Å². The van der Waals surface area contributed by atoms with Crippen molar-refractivity contribution in [1.29, 1.82) is 0 Å². The second-order valence-corrected chi connectivity index (χ2v) is 5.35. The molecule has 0 radical (unpaired) electrons. The molecule has 2 aromatic heterocycles. The Morgan fingerprint density at radius 2 is 2.31 bits per heavy atom. The summed E-state index contributed by atoms with van der Waals surface area (Å²) in [6.07, 6.45) is 5.69. The predicted octanol–water partition coefficient (Wildman–Crippen LogP) is 3.65. The Bertz CT molecular complexity index is 455. The zero-order chi connectivity index (χ0) is 9.26. The van der Waals surface area contributed by atoms with Gasteiger partial charge in [0.15, 0.2) is 0 Å². The van der Waals surface area contributed by atoms with E-state index in [2.05, 4.69) is 41.8 Å². The molecule has 2 aromatic rings. The maximum Gasteiger partial charge on any atom is 0.137 e. The zero-order valence-corrected chi connectivity index (χ0v) is 9.76. The quantitative estimate of drug-likeness (QED) is 0.856. The summed E-state index contributed by atoms with van der Waals surface area (Å²) in [6.45, 7) is 0. The van der Waals surface area contributed by atoms with E-state index in [1.807, 2.05) is 24.4 Å². The molecular formula is C9H6Br2N2. The number of aromatic amines is 1. The van der Waals surface area contributed by atoms with Gasteiger partial charge >= 0.3 is 0 Å². The molecule has 4 heteroatoms. The fourth-order valence-electron chi connectivity index (χ4n) is 1.21. The van der Waals surface area contributed by atoms with Gasteiger partial charge in [-0.1, -0.05) is 0 Å². The van der Waals surface area contributed by atoms with Crippen LogP contribution in [-0.2, 0) is 0 Å². The molecule has 0 saturated carbocycles. The maximum atomic E-state index is 4.19. The predicted molar refractivity (Wildman–Crippen MR) is 61.9 cm³/mol. The summed E-state index contributed by atoms with van der Waals surface area (Å²) in [6, 6.07) is 3.96. The second kappa shape index (κ2) is 3.64. The first-order chi connectivity index (χ1) is 6.27. The van der Waals surface area contributed by atoms with Crippen LogP contribution in [0, 0.1) is 0 Å². The summed E-state index contributed by atoms with van der Waals surface area (Å²) >= 11 is 6.65. The molecule has 0 aliphatic heterocycles. The summed E-state index contributed by atoms with van der Waals surface area (Å²) < 4.78 is 0.921. The van der Waals surface area contributed by atoms with Gasteiger partial charge in [0, 0.05) is 23.3 Å². The largest absolute Gasteiger partial charge is 0.346 e. The van der Waals surface area contributed by atoms with Crippen LogP contribution in [0.3, 0.4) is 0 Å². The number of halogens is 2. The summed E-state index contributed by atoms with van der Waals surface area (Å²) in [5.41, 5.74) is 2.03. The molecule has 2 nitrogen and oxygen atoms in total. The smallest absolute Gasteiger partial charge is 0.137 e. The average Bonchev–Trinajstić information content (AvgIpc) is 2.48. The lowest BCUT2D eigenvalue weighted by Gasteiger charge is -1.89. The number of aromatic nitrogens is 2. The first-order valence-corrected chi connectivity index (χ1v) is 5.31. The van der Waals surface area contributed by atoms with E-state index >= 15 is 0 Å². The number of pyridine rings is 1. The number of nitrogens with zero attached hydrogens (tertiary/aromatic N) is 1. The third-order valence-corrected chi connectivity index (χ3v) is 2.21. The third-order valence-electron chi connectivity index (χ3n) is 1.75. The number of nitrogens with one attached hydrogen (secondary N) is 1. The van der Waals surface area contributed by atoms with Crippen molar-refractivity contribution in [3.63, 3.8) is 0 Å². The maximum absolute atomic E-state index is 4.19. The lowest BCUT2D eigenvalue weighted by Crippen LogP contribution is -1.72. The fourth-order valence-corrected chi connectivity index (χ4v) is 1.71. The standard InChI is InChI=1S/C9H6Br2N2/c10-8(11)4-6-5-13-9-7(6)2-1-3-12-9/h1-5H,(H,12,13). The van der Waals surface area contributed by atoms with Crippen molar-refractivity contribution >= 4 is 49.0 Å². The third kappa shape index (κ3) is 1.84. The topological polar surface area (TPSA) is 28.7 Å². The van der Waals surface area contributed by atoms with Crippen LogP contribution in [0.1, 0.15) is 5.56 Å². The van der Waals surface area contributed by atoms with Gasteiger partial charge < -0.3 is 4.98 Å². The minimum atomic E-state index is 0.912. The van der Waals surface area contributed by atoms with E-state index in [1.165, 1.54) is 0 Å². The van der Waals surface area contributed by atoms with E-state index in [0.29, 0.717) is 0 Å². The van der Waals surface area contributed by atoms with E-state index in [1.54, 1.807) is 6.20 Å². The number of H-pyrrole nitrogens is 1. The average molecular weight is 302 g/mol. The molecule has 0 saturated heterocycles. The molecule has 66 valence electrons. The molecule has 2 rings (SSSR count). The summed E-state index contributed by atoms with van der Waals surface area (Å²) in [5.74, 6) is 0. The molecular weight excluding hydrogens is 296 g/mol. The van der Waals surface area contributed by atoms with E-state index in [0.717, 1.165) is 20.0 Å². The van der Waals surface area contributed by atoms with Crippen LogP contribution in [0.5, 0.6) is 0 Å². The zero-order valence-electron chi connectivity index (χ0n) is 6.59. The van der Waals surface area contributed by atoms with Gasteiger partial charge in [0.2, 0.25) is 0 Å². The van der Waals surface area contributed by atoms with Crippen molar-refractivity contribution < 1.29 is 0 Å². The van der Waals surface area contributed by atoms with E-state index in [-0.39, 0.29) is 0 Å². The van der Waals surface area contributed by atoms with Crippen molar-refractivity contribution in [3.05, 3.63) is 33.5 Å². The highest BCUT2D eigenvalue weighted by atomic mass is 79.9. The van der Waals surface area contributed by atoms with Crippen LogP contribution in [-0.4, -0.2) is 9.97 Å². The number of hydrogen-bond acceptors (Lipinski definition) is 1. The van der Waals surface area contributed by atoms with E-state index < -0.39 is 0 Å². The Balaban J connectivity index is 2.65. The Morgan fingerprint density at radius 3 is 3.08 bits per heavy atom. The normalized spacial score (nSPS) is 10.3. The first kappa shape index (κ1) is 8.97. The van der Waals surface area contributed by atoms with Gasteiger partial charge in [-0.15, -0.1) is 0 Å². The summed E-state index contributed by atoms with van der Waals surface area (Å²) in [5, 5.41) is 1.12. The summed E-state index contributed by atoms with van der Waals surface area (Å²) in [7, 11) is 0. The van der Waals surface area contributed by atoms with Gasteiger partial charge in [0.25, 0.3) is 0 Å². The molecule has 0 aromatic carbocycles. The molecule has 0 atom stereocenters. The number of fused-ring (bicyclic) bond motifs is 1. The van der Waals surface area contributed by atoms with Gasteiger partial charge in [-0.3, -0.25) is 0 Å².